The molecular formula is C28H32N4O4. The lowest BCUT2D eigenvalue weighted by molar-refractivity contribution is -0.134. The van der Waals surface area contributed by atoms with Gasteiger partial charge in [0.1, 0.15) is 11.1 Å². The van der Waals surface area contributed by atoms with Crippen molar-refractivity contribution < 1.29 is 18.8 Å². The molecule has 0 radical (unpaired) electrons. The third-order valence-corrected chi connectivity index (χ3v) is 7.48. The van der Waals surface area contributed by atoms with Crippen molar-refractivity contribution in [3.63, 3.8) is 0 Å². The molecule has 0 spiro atoms. The van der Waals surface area contributed by atoms with Crippen molar-refractivity contribution in [1.29, 1.82) is 0 Å². The quantitative estimate of drug-likeness (QED) is 0.490. The van der Waals surface area contributed by atoms with Crippen molar-refractivity contribution in [2.75, 3.05) is 13.1 Å². The second-order valence-electron chi connectivity index (χ2n) is 10.3. The summed E-state index contributed by atoms with van der Waals surface area (Å²) in [6.07, 6.45) is 4.33. The van der Waals surface area contributed by atoms with Crippen LogP contribution >= 0.6 is 0 Å². The van der Waals surface area contributed by atoms with E-state index in [1.807, 2.05) is 42.5 Å². The third-order valence-electron chi connectivity index (χ3n) is 7.48. The van der Waals surface area contributed by atoms with Gasteiger partial charge in [-0.05, 0) is 61.8 Å². The van der Waals surface area contributed by atoms with Crippen LogP contribution in [0.2, 0.25) is 0 Å². The molecule has 1 aromatic carbocycles. The summed E-state index contributed by atoms with van der Waals surface area (Å²) in [5.41, 5.74) is 0.410. The number of nitrogens with zero attached hydrogens (tertiary/aromatic N) is 3. The summed E-state index contributed by atoms with van der Waals surface area (Å²) in [7, 11) is 0. The largest absolute Gasteiger partial charge is 0.451 e. The molecule has 5 rings (SSSR count). The Morgan fingerprint density at radius 1 is 1.14 bits per heavy atom. The number of nitrogens with one attached hydrogen (secondary N) is 1. The van der Waals surface area contributed by atoms with Crippen molar-refractivity contribution in [2.24, 2.45) is 11.8 Å². The number of hydrogen-bond acceptors (Lipinski definition) is 5. The minimum absolute atomic E-state index is 0.0545. The number of piperidine rings is 1. The predicted octanol–water partition coefficient (Wildman–Crippen LogP) is 4.61. The average Bonchev–Trinajstić information content (AvgIpc) is 3.43. The topological polar surface area (TPSA) is 95.8 Å². The van der Waals surface area contributed by atoms with Crippen LogP contribution in [-0.4, -0.2) is 51.3 Å². The Kier molecular flexibility index (Phi) is 6.51. The number of rotatable bonds is 7. The first kappa shape index (κ1) is 24.0. The fourth-order valence-corrected chi connectivity index (χ4v) is 5.43. The van der Waals surface area contributed by atoms with Gasteiger partial charge in [0.05, 0.1) is 12.2 Å². The van der Waals surface area contributed by atoms with E-state index < -0.39 is 5.54 Å². The Morgan fingerprint density at radius 3 is 2.58 bits per heavy atom. The van der Waals surface area contributed by atoms with E-state index in [0.29, 0.717) is 55.3 Å². The molecule has 4 heterocycles. The monoisotopic (exact) mass is 488 g/mol. The van der Waals surface area contributed by atoms with Crippen molar-refractivity contribution in [1.82, 2.24) is 20.1 Å². The molecule has 36 heavy (non-hydrogen) atoms. The van der Waals surface area contributed by atoms with Gasteiger partial charge < -0.3 is 14.6 Å². The molecule has 2 aliphatic rings. The van der Waals surface area contributed by atoms with Crippen LogP contribution in [0.15, 0.2) is 59.1 Å². The Hall–Kier alpha value is -3.68. The van der Waals surface area contributed by atoms with Gasteiger partial charge in [0, 0.05) is 24.7 Å². The Labute approximate surface area is 210 Å². The van der Waals surface area contributed by atoms with Gasteiger partial charge in [0.2, 0.25) is 0 Å². The summed E-state index contributed by atoms with van der Waals surface area (Å²) < 4.78 is 5.78. The maximum atomic E-state index is 13.8. The van der Waals surface area contributed by atoms with E-state index in [0.717, 1.165) is 11.8 Å². The smallest absolute Gasteiger partial charge is 0.325 e. The van der Waals surface area contributed by atoms with Crippen LogP contribution in [0.5, 0.6) is 0 Å². The fourth-order valence-electron chi connectivity index (χ4n) is 5.43. The van der Waals surface area contributed by atoms with Crippen LogP contribution in [0.4, 0.5) is 4.79 Å². The zero-order chi connectivity index (χ0) is 25.3. The van der Waals surface area contributed by atoms with E-state index in [9.17, 15) is 14.4 Å². The molecule has 2 fully saturated rings. The summed E-state index contributed by atoms with van der Waals surface area (Å²) in [5.74, 6) is 0.351. The molecule has 3 aromatic rings. The van der Waals surface area contributed by atoms with E-state index in [1.165, 1.54) is 4.90 Å². The SMILES string of the molecule is CC(C)CCC1(C2CCN(C(=O)c3cc4ccccc4o3)CC2)NC(=O)N(Cc2ccccn2)C1=O. The maximum absolute atomic E-state index is 13.8. The number of para-hydroxylation sites is 1. The zero-order valence-corrected chi connectivity index (χ0v) is 20.8. The highest BCUT2D eigenvalue weighted by Crippen LogP contribution is 2.38. The summed E-state index contributed by atoms with van der Waals surface area (Å²) in [6.45, 7) is 5.41. The first-order valence-corrected chi connectivity index (χ1v) is 12.7. The van der Waals surface area contributed by atoms with Gasteiger partial charge >= 0.3 is 6.03 Å². The first-order valence-electron chi connectivity index (χ1n) is 12.7. The van der Waals surface area contributed by atoms with Crippen LogP contribution in [0.3, 0.4) is 0 Å². The normalized spacial score (nSPS) is 21.0. The zero-order valence-electron chi connectivity index (χ0n) is 20.8. The lowest BCUT2D eigenvalue weighted by atomic mass is 9.73. The number of likely N-dealkylation sites (tertiary alicyclic amines) is 1. The molecule has 4 amide bonds. The van der Waals surface area contributed by atoms with E-state index in [1.54, 1.807) is 17.2 Å². The molecule has 0 bridgehead atoms. The van der Waals surface area contributed by atoms with E-state index >= 15 is 0 Å². The fraction of sp³-hybridized carbons (Fsp3) is 0.429. The third kappa shape index (κ3) is 4.47. The molecule has 2 aliphatic heterocycles. The van der Waals surface area contributed by atoms with Crippen LogP contribution in [0.25, 0.3) is 11.0 Å². The molecule has 8 heteroatoms. The number of imide groups is 1. The molecule has 1 N–H and O–H groups in total. The minimum atomic E-state index is -0.954. The summed E-state index contributed by atoms with van der Waals surface area (Å²) in [5, 5.41) is 3.99. The van der Waals surface area contributed by atoms with Gasteiger partial charge in [-0.3, -0.25) is 19.5 Å². The van der Waals surface area contributed by atoms with Gasteiger partial charge in [-0.15, -0.1) is 0 Å². The number of amides is 4. The number of carbonyl (C=O) groups excluding carboxylic acids is 3. The maximum Gasteiger partial charge on any atom is 0.325 e. The standard InChI is InChI=1S/C28H32N4O4/c1-19(2)10-13-28(26(34)32(27(35)30-28)18-22-8-5-6-14-29-22)21-11-15-31(16-12-21)25(33)24-17-20-7-3-4-9-23(20)36-24/h3-9,14,17,19,21H,10-13,15-16,18H2,1-2H3,(H,30,35). The molecule has 0 saturated carbocycles. The minimum Gasteiger partial charge on any atom is -0.451 e. The second kappa shape index (κ2) is 9.76. The molecule has 2 saturated heterocycles. The Bertz CT molecular complexity index is 1230. The predicted molar refractivity (Wildman–Crippen MR) is 135 cm³/mol. The van der Waals surface area contributed by atoms with Crippen LogP contribution in [0, 0.1) is 11.8 Å². The number of pyridine rings is 1. The molecule has 8 nitrogen and oxygen atoms in total. The van der Waals surface area contributed by atoms with Crippen molar-refractivity contribution >= 4 is 28.8 Å². The summed E-state index contributed by atoms with van der Waals surface area (Å²) in [6, 6.07) is 14.5. The first-order chi connectivity index (χ1) is 17.4. The summed E-state index contributed by atoms with van der Waals surface area (Å²) >= 11 is 0. The lowest BCUT2D eigenvalue weighted by Crippen LogP contribution is -2.56. The van der Waals surface area contributed by atoms with Crippen molar-refractivity contribution in [2.45, 2.75) is 51.6 Å². The lowest BCUT2D eigenvalue weighted by Gasteiger charge is -2.41. The van der Waals surface area contributed by atoms with Gasteiger partial charge in [-0.25, -0.2) is 4.79 Å². The van der Waals surface area contributed by atoms with E-state index in [2.05, 4.69) is 24.1 Å². The Balaban J connectivity index is 1.32. The number of benzene rings is 1. The van der Waals surface area contributed by atoms with Gasteiger partial charge in [0.25, 0.3) is 11.8 Å². The van der Waals surface area contributed by atoms with Gasteiger partial charge in [-0.1, -0.05) is 38.1 Å². The number of fused-ring (bicyclic) bond motifs is 1. The summed E-state index contributed by atoms with van der Waals surface area (Å²) in [4.78, 5) is 47.4. The molecule has 0 aliphatic carbocycles. The molecule has 1 atom stereocenters. The van der Waals surface area contributed by atoms with E-state index in [-0.39, 0.29) is 30.3 Å². The number of urea groups is 1. The molecule has 1 unspecified atom stereocenters. The van der Waals surface area contributed by atoms with Crippen molar-refractivity contribution in [3.8, 4) is 0 Å². The average molecular weight is 489 g/mol. The molecule has 2 aromatic heterocycles. The number of carbonyl (C=O) groups is 3. The number of furan rings is 1. The van der Waals surface area contributed by atoms with Crippen molar-refractivity contribution in [3.05, 3.63) is 66.2 Å². The number of hydrogen-bond donors (Lipinski definition) is 1. The van der Waals surface area contributed by atoms with Crippen LogP contribution < -0.4 is 5.32 Å². The van der Waals surface area contributed by atoms with Gasteiger partial charge in [-0.2, -0.15) is 0 Å². The number of aromatic nitrogens is 1. The highest BCUT2D eigenvalue weighted by Gasteiger charge is 2.55. The molecule has 188 valence electrons. The van der Waals surface area contributed by atoms with Gasteiger partial charge in [0.15, 0.2) is 5.76 Å². The van der Waals surface area contributed by atoms with Crippen LogP contribution in [0.1, 0.15) is 55.8 Å². The van der Waals surface area contributed by atoms with Crippen LogP contribution in [-0.2, 0) is 11.3 Å². The second-order valence-corrected chi connectivity index (χ2v) is 10.3. The highest BCUT2D eigenvalue weighted by molar-refractivity contribution is 6.07. The van der Waals surface area contributed by atoms with E-state index in [4.69, 9.17) is 4.42 Å². The Morgan fingerprint density at radius 2 is 1.89 bits per heavy atom. The molecular weight excluding hydrogens is 456 g/mol. The highest BCUT2D eigenvalue weighted by atomic mass is 16.3.